The molecule has 20 heavy (non-hydrogen) atoms. The number of hydrogen-bond donors (Lipinski definition) is 2. The molecule has 1 saturated carbocycles. The molecule has 1 aromatic rings. The zero-order valence-electron chi connectivity index (χ0n) is 11.3. The van der Waals surface area contributed by atoms with E-state index in [1.165, 1.54) is 12.8 Å². The van der Waals surface area contributed by atoms with Gasteiger partial charge in [-0.3, -0.25) is 0 Å². The number of sulfonamides is 1. The van der Waals surface area contributed by atoms with Gasteiger partial charge in [0, 0.05) is 18.5 Å². The third-order valence-corrected chi connectivity index (χ3v) is 4.65. The van der Waals surface area contributed by atoms with E-state index in [2.05, 4.69) is 16.6 Å². The summed E-state index contributed by atoms with van der Waals surface area (Å²) in [5.74, 6) is 6.37. The maximum atomic E-state index is 12.0. The maximum Gasteiger partial charge on any atom is 0.240 e. The van der Waals surface area contributed by atoms with E-state index in [9.17, 15) is 8.42 Å². The van der Waals surface area contributed by atoms with Gasteiger partial charge >= 0.3 is 0 Å². The second-order valence-electron chi connectivity index (χ2n) is 4.93. The SMILES string of the molecule is O=S(=O)(NCCC1CC1)c1ccc(C#CCCO)cc1. The number of aliphatic hydroxyl groups excluding tert-OH is 1. The molecule has 1 aromatic carbocycles. The van der Waals surface area contributed by atoms with Gasteiger partial charge in [0.05, 0.1) is 11.5 Å². The van der Waals surface area contributed by atoms with Crippen LogP contribution in [0.2, 0.25) is 0 Å². The van der Waals surface area contributed by atoms with Crippen molar-refractivity contribution >= 4 is 10.0 Å². The van der Waals surface area contributed by atoms with Gasteiger partial charge in [0.1, 0.15) is 0 Å². The van der Waals surface area contributed by atoms with Crippen molar-refractivity contribution in [2.45, 2.75) is 30.6 Å². The largest absolute Gasteiger partial charge is 0.395 e. The minimum atomic E-state index is -3.41. The van der Waals surface area contributed by atoms with Crippen LogP contribution in [-0.4, -0.2) is 26.7 Å². The minimum absolute atomic E-state index is 0.0321. The van der Waals surface area contributed by atoms with Crippen LogP contribution in [0.5, 0.6) is 0 Å². The highest BCUT2D eigenvalue weighted by molar-refractivity contribution is 7.89. The summed E-state index contributed by atoms with van der Waals surface area (Å²) in [6, 6.07) is 6.48. The third kappa shape index (κ3) is 4.64. The summed E-state index contributed by atoms with van der Waals surface area (Å²) in [4.78, 5) is 0.265. The zero-order chi connectivity index (χ0) is 14.4. The van der Waals surface area contributed by atoms with Crippen LogP contribution in [0.4, 0.5) is 0 Å². The Hall–Kier alpha value is -1.35. The summed E-state index contributed by atoms with van der Waals surface area (Å²) in [5, 5.41) is 8.63. The Labute approximate surface area is 120 Å². The molecule has 4 nitrogen and oxygen atoms in total. The Balaban J connectivity index is 1.95. The topological polar surface area (TPSA) is 66.4 Å². The molecule has 5 heteroatoms. The van der Waals surface area contributed by atoms with E-state index in [-0.39, 0.29) is 11.5 Å². The van der Waals surface area contributed by atoms with Gasteiger partial charge < -0.3 is 5.11 Å². The van der Waals surface area contributed by atoms with Crippen LogP contribution in [0.3, 0.4) is 0 Å². The molecule has 0 aromatic heterocycles. The minimum Gasteiger partial charge on any atom is -0.395 e. The molecule has 0 heterocycles. The number of hydrogen-bond acceptors (Lipinski definition) is 3. The lowest BCUT2D eigenvalue weighted by atomic mass is 10.2. The van der Waals surface area contributed by atoms with Crippen molar-refractivity contribution in [2.75, 3.05) is 13.2 Å². The molecule has 0 aliphatic heterocycles. The van der Waals surface area contributed by atoms with Gasteiger partial charge in [0.15, 0.2) is 0 Å². The van der Waals surface area contributed by atoms with Crippen molar-refractivity contribution < 1.29 is 13.5 Å². The van der Waals surface area contributed by atoms with E-state index < -0.39 is 10.0 Å². The highest BCUT2D eigenvalue weighted by atomic mass is 32.2. The fourth-order valence-corrected chi connectivity index (χ4v) is 2.87. The van der Waals surface area contributed by atoms with Gasteiger partial charge in [-0.2, -0.15) is 0 Å². The number of rotatable bonds is 6. The van der Waals surface area contributed by atoms with Gasteiger partial charge in [-0.1, -0.05) is 24.7 Å². The molecule has 1 aliphatic carbocycles. The highest BCUT2D eigenvalue weighted by Crippen LogP contribution is 2.31. The quantitative estimate of drug-likeness (QED) is 0.781. The first-order valence-electron chi connectivity index (χ1n) is 6.81. The third-order valence-electron chi connectivity index (χ3n) is 3.18. The fourth-order valence-electron chi connectivity index (χ4n) is 1.83. The monoisotopic (exact) mass is 293 g/mol. The molecular formula is C15H19NO3S. The molecule has 2 rings (SSSR count). The maximum absolute atomic E-state index is 12.0. The first kappa shape index (κ1) is 15.0. The van der Waals surface area contributed by atoms with Crippen LogP contribution < -0.4 is 4.72 Å². The molecule has 108 valence electrons. The van der Waals surface area contributed by atoms with Crippen molar-refractivity contribution in [3.8, 4) is 11.8 Å². The second kappa shape index (κ2) is 6.89. The number of nitrogens with one attached hydrogen (secondary N) is 1. The van der Waals surface area contributed by atoms with Gasteiger partial charge in [0.25, 0.3) is 0 Å². The summed E-state index contributed by atoms with van der Waals surface area (Å²) in [6.07, 6.45) is 3.79. The van der Waals surface area contributed by atoms with Crippen LogP contribution >= 0.6 is 0 Å². The summed E-state index contributed by atoms with van der Waals surface area (Å²) in [6.45, 7) is 0.537. The van der Waals surface area contributed by atoms with Crippen molar-refractivity contribution in [2.24, 2.45) is 5.92 Å². The second-order valence-corrected chi connectivity index (χ2v) is 6.70. The van der Waals surface area contributed by atoms with Gasteiger partial charge in [-0.25, -0.2) is 13.1 Å². The normalized spacial score (nSPS) is 14.7. The van der Waals surface area contributed by atoms with Crippen molar-refractivity contribution in [1.82, 2.24) is 4.72 Å². The van der Waals surface area contributed by atoms with Crippen molar-refractivity contribution in [3.05, 3.63) is 29.8 Å². The number of aliphatic hydroxyl groups is 1. The predicted octanol–water partition coefficient (Wildman–Crippen LogP) is 1.50. The first-order chi connectivity index (χ1) is 9.62. The smallest absolute Gasteiger partial charge is 0.240 e. The summed E-state index contributed by atoms with van der Waals surface area (Å²) < 4.78 is 26.7. The molecule has 0 unspecified atom stereocenters. The van der Waals surface area contributed by atoms with E-state index in [4.69, 9.17) is 5.11 Å². The summed E-state index contributed by atoms with van der Waals surface area (Å²) >= 11 is 0. The molecule has 0 atom stereocenters. The molecule has 0 spiro atoms. The fraction of sp³-hybridized carbons (Fsp3) is 0.467. The standard InChI is InChI=1S/C15H19NO3S/c17-12-2-1-3-13-6-8-15(9-7-13)20(18,19)16-11-10-14-4-5-14/h6-9,14,16-17H,2,4-5,10-12H2. The molecule has 0 amide bonds. The van der Waals surface area contributed by atoms with Gasteiger partial charge in [-0.15, -0.1) is 0 Å². The van der Waals surface area contributed by atoms with Crippen LogP contribution in [0, 0.1) is 17.8 Å². The molecule has 1 fully saturated rings. The molecule has 0 radical (unpaired) electrons. The zero-order valence-corrected chi connectivity index (χ0v) is 12.1. The molecular weight excluding hydrogens is 274 g/mol. The summed E-state index contributed by atoms with van der Waals surface area (Å²) in [5.41, 5.74) is 0.746. The Morgan fingerprint density at radius 1 is 1.25 bits per heavy atom. The van der Waals surface area contributed by atoms with Crippen LogP contribution in [0.25, 0.3) is 0 Å². The van der Waals surface area contributed by atoms with E-state index in [1.54, 1.807) is 24.3 Å². The van der Waals surface area contributed by atoms with E-state index in [1.807, 2.05) is 0 Å². The van der Waals surface area contributed by atoms with E-state index in [0.717, 1.165) is 12.0 Å². The van der Waals surface area contributed by atoms with Crippen LogP contribution in [0.15, 0.2) is 29.2 Å². The summed E-state index contributed by atoms with van der Waals surface area (Å²) in [7, 11) is -3.41. The first-order valence-corrected chi connectivity index (χ1v) is 8.29. The van der Waals surface area contributed by atoms with Crippen LogP contribution in [-0.2, 0) is 10.0 Å². The lowest BCUT2D eigenvalue weighted by Gasteiger charge is -2.06. The van der Waals surface area contributed by atoms with E-state index in [0.29, 0.717) is 18.9 Å². The lowest BCUT2D eigenvalue weighted by molar-refractivity contribution is 0.305. The predicted molar refractivity (Wildman–Crippen MR) is 77.6 cm³/mol. The van der Waals surface area contributed by atoms with Crippen molar-refractivity contribution in [3.63, 3.8) is 0 Å². The van der Waals surface area contributed by atoms with Crippen LogP contribution in [0.1, 0.15) is 31.2 Å². The number of benzene rings is 1. The van der Waals surface area contributed by atoms with Gasteiger partial charge in [-0.05, 0) is 36.6 Å². The average molecular weight is 293 g/mol. The Morgan fingerprint density at radius 2 is 1.95 bits per heavy atom. The Bertz CT molecular complexity index is 592. The molecule has 1 aliphatic rings. The average Bonchev–Trinajstić information content (AvgIpc) is 3.24. The Morgan fingerprint density at radius 3 is 2.55 bits per heavy atom. The van der Waals surface area contributed by atoms with Crippen molar-refractivity contribution in [1.29, 1.82) is 0 Å². The molecule has 0 bridgehead atoms. The molecule has 0 saturated heterocycles. The Kier molecular flexibility index (Phi) is 5.18. The van der Waals surface area contributed by atoms with Gasteiger partial charge in [0.2, 0.25) is 10.0 Å². The highest BCUT2D eigenvalue weighted by Gasteiger charge is 2.21. The van der Waals surface area contributed by atoms with E-state index >= 15 is 0 Å². The lowest BCUT2D eigenvalue weighted by Crippen LogP contribution is -2.25. The molecule has 2 N–H and O–H groups in total.